The van der Waals surface area contributed by atoms with Crippen molar-refractivity contribution in [2.75, 3.05) is 5.32 Å². The predicted molar refractivity (Wildman–Crippen MR) is 93.8 cm³/mol. The zero-order chi connectivity index (χ0) is 16.0. The monoisotopic (exact) mass is 346 g/mol. The summed E-state index contributed by atoms with van der Waals surface area (Å²) in [6.07, 6.45) is 7.40. The van der Waals surface area contributed by atoms with Crippen LogP contribution in [0.4, 0.5) is 5.00 Å². The molecule has 4 rings (SSSR count). The van der Waals surface area contributed by atoms with E-state index in [2.05, 4.69) is 5.32 Å². The number of carbonyl (C=O) groups is 2. The Morgan fingerprint density at radius 2 is 1.78 bits per heavy atom. The quantitative estimate of drug-likeness (QED) is 0.892. The van der Waals surface area contributed by atoms with Gasteiger partial charge in [-0.15, -0.1) is 22.7 Å². The maximum absolute atomic E-state index is 12.6. The van der Waals surface area contributed by atoms with E-state index >= 15 is 0 Å². The SMILES string of the molecule is NC(=O)c1c(NC(=O)c2cc3c(s2)CCC3)sc2c1CCCC2. The van der Waals surface area contributed by atoms with Gasteiger partial charge < -0.3 is 11.1 Å². The third kappa shape index (κ3) is 2.60. The first-order valence-corrected chi connectivity index (χ1v) is 9.64. The number of rotatable bonds is 3. The number of thiophene rings is 2. The van der Waals surface area contributed by atoms with Gasteiger partial charge in [0.05, 0.1) is 10.4 Å². The minimum Gasteiger partial charge on any atom is -0.365 e. The molecule has 0 saturated heterocycles. The number of nitrogens with two attached hydrogens (primary N) is 1. The minimum atomic E-state index is -0.437. The second kappa shape index (κ2) is 5.76. The van der Waals surface area contributed by atoms with Crippen molar-refractivity contribution in [1.82, 2.24) is 0 Å². The van der Waals surface area contributed by atoms with E-state index in [1.165, 1.54) is 33.1 Å². The van der Waals surface area contributed by atoms with Crippen LogP contribution in [0.3, 0.4) is 0 Å². The lowest BCUT2D eigenvalue weighted by molar-refractivity contribution is 0.100. The second-order valence-corrected chi connectivity index (χ2v) is 8.39. The third-order valence-electron chi connectivity index (χ3n) is 4.62. The Balaban J connectivity index is 1.64. The first-order chi connectivity index (χ1) is 11.1. The Hall–Kier alpha value is -1.66. The van der Waals surface area contributed by atoms with E-state index in [9.17, 15) is 9.59 Å². The van der Waals surface area contributed by atoms with Gasteiger partial charge in [-0.25, -0.2) is 0 Å². The summed E-state index contributed by atoms with van der Waals surface area (Å²) in [4.78, 5) is 27.7. The van der Waals surface area contributed by atoms with Gasteiger partial charge in [-0.05, 0) is 62.1 Å². The van der Waals surface area contributed by atoms with Gasteiger partial charge in [0.2, 0.25) is 0 Å². The van der Waals surface area contributed by atoms with E-state index in [1.54, 1.807) is 11.3 Å². The molecule has 2 aliphatic carbocycles. The molecule has 2 aromatic heterocycles. The van der Waals surface area contributed by atoms with Crippen LogP contribution in [0.1, 0.15) is 60.2 Å². The molecule has 0 aromatic carbocycles. The molecule has 4 nitrogen and oxygen atoms in total. The third-order valence-corrected chi connectivity index (χ3v) is 7.06. The highest BCUT2D eigenvalue weighted by Gasteiger charge is 2.26. The molecular formula is C17H18N2O2S2. The second-order valence-electron chi connectivity index (χ2n) is 6.15. The number of amides is 2. The number of primary amides is 1. The van der Waals surface area contributed by atoms with Crippen LogP contribution in [-0.4, -0.2) is 11.8 Å². The molecule has 0 fully saturated rings. The van der Waals surface area contributed by atoms with E-state index in [0.717, 1.165) is 49.0 Å². The maximum atomic E-state index is 12.6. The molecule has 2 aliphatic rings. The van der Waals surface area contributed by atoms with Gasteiger partial charge in [-0.1, -0.05) is 0 Å². The molecule has 3 N–H and O–H groups in total. The normalized spacial score (nSPS) is 16.0. The van der Waals surface area contributed by atoms with Crippen molar-refractivity contribution in [3.63, 3.8) is 0 Å². The fraction of sp³-hybridized carbons (Fsp3) is 0.412. The summed E-state index contributed by atoms with van der Waals surface area (Å²) in [5, 5.41) is 3.57. The van der Waals surface area contributed by atoms with Crippen LogP contribution in [0.5, 0.6) is 0 Å². The maximum Gasteiger partial charge on any atom is 0.266 e. The van der Waals surface area contributed by atoms with Gasteiger partial charge in [-0.3, -0.25) is 9.59 Å². The lowest BCUT2D eigenvalue weighted by atomic mass is 9.95. The van der Waals surface area contributed by atoms with Crippen LogP contribution in [0, 0.1) is 0 Å². The molecule has 2 aromatic rings. The van der Waals surface area contributed by atoms with E-state index in [4.69, 9.17) is 5.73 Å². The highest BCUT2D eigenvalue weighted by molar-refractivity contribution is 7.17. The Morgan fingerprint density at radius 3 is 2.57 bits per heavy atom. The summed E-state index contributed by atoms with van der Waals surface area (Å²) in [6.45, 7) is 0. The van der Waals surface area contributed by atoms with Gasteiger partial charge in [0.15, 0.2) is 0 Å². The molecule has 23 heavy (non-hydrogen) atoms. The summed E-state index contributed by atoms with van der Waals surface area (Å²) in [5.41, 5.74) is 8.46. The number of fused-ring (bicyclic) bond motifs is 2. The molecule has 6 heteroatoms. The molecule has 2 amide bonds. The van der Waals surface area contributed by atoms with E-state index < -0.39 is 5.91 Å². The van der Waals surface area contributed by atoms with Crippen molar-refractivity contribution >= 4 is 39.5 Å². The first kappa shape index (κ1) is 14.9. The number of aryl methyl sites for hydroxylation is 3. The summed E-state index contributed by atoms with van der Waals surface area (Å²) >= 11 is 3.09. The topological polar surface area (TPSA) is 72.2 Å². The van der Waals surface area contributed by atoms with Crippen molar-refractivity contribution in [3.05, 3.63) is 37.4 Å². The van der Waals surface area contributed by atoms with Crippen molar-refractivity contribution in [2.45, 2.75) is 44.9 Å². The standard InChI is InChI=1S/C17H18N2O2S2/c18-15(20)14-10-5-1-2-6-12(10)23-17(14)19-16(21)13-8-9-4-3-7-11(9)22-13/h8H,1-7H2,(H2,18,20)(H,19,21). The highest BCUT2D eigenvalue weighted by atomic mass is 32.1. The minimum absolute atomic E-state index is 0.120. The molecule has 0 atom stereocenters. The number of hydrogen-bond donors (Lipinski definition) is 2. The lowest BCUT2D eigenvalue weighted by Gasteiger charge is -2.11. The largest absolute Gasteiger partial charge is 0.365 e. The van der Waals surface area contributed by atoms with Crippen LogP contribution >= 0.6 is 22.7 Å². The molecule has 0 bridgehead atoms. The zero-order valence-electron chi connectivity index (χ0n) is 12.7. The zero-order valence-corrected chi connectivity index (χ0v) is 14.4. The van der Waals surface area contributed by atoms with E-state index in [1.807, 2.05) is 6.07 Å². The number of anilines is 1. The van der Waals surface area contributed by atoms with Gasteiger partial charge in [0, 0.05) is 9.75 Å². The molecule has 120 valence electrons. The molecule has 0 unspecified atom stereocenters. The number of carbonyl (C=O) groups excluding carboxylic acids is 2. The van der Waals surface area contributed by atoms with Crippen LogP contribution in [0.2, 0.25) is 0 Å². The summed E-state index contributed by atoms with van der Waals surface area (Å²) in [5.74, 6) is -0.557. The van der Waals surface area contributed by atoms with Gasteiger partial charge >= 0.3 is 0 Å². The molecule has 0 spiro atoms. The highest BCUT2D eigenvalue weighted by Crippen LogP contribution is 2.38. The fourth-order valence-corrected chi connectivity index (χ4v) is 5.96. The van der Waals surface area contributed by atoms with E-state index in [-0.39, 0.29) is 5.91 Å². The van der Waals surface area contributed by atoms with Crippen LogP contribution in [0.15, 0.2) is 6.07 Å². The lowest BCUT2D eigenvalue weighted by Crippen LogP contribution is -2.18. The van der Waals surface area contributed by atoms with Crippen LogP contribution in [-0.2, 0) is 25.7 Å². The average molecular weight is 346 g/mol. The van der Waals surface area contributed by atoms with Crippen LogP contribution < -0.4 is 11.1 Å². The van der Waals surface area contributed by atoms with Gasteiger partial charge in [-0.2, -0.15) is 0 Å². The van der Waals surface area contributed by atoms with Gasteiger partial charge in [0.25, 0.3) is 11.8 Å². The van der Waals surface area contributed by atoms with Crippen molar-refractivity contribution in [2.24, 2.45) is 5.73 Å². The summed E-state index contributed by atoms with van der Waals surface area (Å²) in [7, 11) is 0. The van der Waals surface area contributed by atoms with E-state index in [0.29, 0.717) is 10.6 Å². The van der Waals surface area contributed by atoms with Crippen LogP contribution in [0.25, 0.3) is 0 Å². The predicted octanol–water partition coefficient (Wildman–Crippen LogP) is 3.53. The molecular weight excluding hydrogens is 328 g/mol. The van der Waals surface area contributed by atoms with Crippen molar-refractivity contribution in [3.8, 4) is 0 Å². The average Bonchev–Trinajstić information content (AvgIpc) is 3.18. The summed E-state index contributed by atoms with van der Waals surface area (Å²) < 4.78 is 0. The molecule has 0 aliphatic heterocycles. The molecule has 2 heterocycles. The fourth-order valence-electron chi connectivity index (χ4n) is 3.52. The molecule has 0 saturated carbocycles. The number of hydrogen-bond acceptors (Lipinski definition) is 4. The van der Waals surface area contributed by atoms with Gasteiger partial charge in [0.1, 0.15) is 5.00 Å². The Kier molecular flexibility index (Phi) is 3.73. The first-order valence-electron chi connectivity index (χ1n) is 8.00. The summed E-state index contributed by atoms with van der Waals surface area (Å²) in [6, 6.07) is 2.00. The van der Waals surface area contributed by atoms with Crippen molar-refractivity contribution < 1.29 is 9.59 Å². The Morgan fingerprint density at radius 1 is 1.00 bits per heavy atom. The Labute approximate surface area is 142 Å². The smallest absolute Gasteiger partial charge is 0.266 e. The Bertz CT molecular complexity index is 782. The number of nitrogens with one attached hydrogen (secondary N) is 1. The van der Waals surface area contributed by atoms with Crippen molar-refractivity contribution in [1.29, 1.82) is 0 Å². The molecule has 0 radical (unpaired) electrons.